The number of aliphatic hydroxyl groups is 1. The predicted octanol–water partition coefficient (Wildman–Crippen LogP) is 4.21. The van der Waals surface area contributed by atoms with Gasteiger partial charge in [-0.3, -0.25) is 4.79 Å². The summed E-state index contributed by atoms with van der Waals surface area (Å²) in [5, 5.41) is 17.9. The molecule has 1 rings (SSSR count). The summed E-state index contributed by atoms with van der Waals surface area (Å²) in [5.74, 6) is -0.934. The van der Waals surface area contributed by atoms with Crippen LogP contribution >= 0.6 is 0 Å². The molecule has 0 radical (unpaired) electrons. The van der Waals surface area contributed by atoms with Crippen molar-refractivity contribution in [3.63, 3.8) is 0 Å². The zero-order valence-electron chi connectivity index (χ0n) is 14.4. The highest BCUT2D eigenvalue weighted by molar-refractivity contribution is 5.66. The fourth-order valence-electron chi connectivity index (χ4n) is 2.12. The highest BCUT2D eigenvalue weighted by atomic mass is 16.6. The topological polar surface area (TPSA) is 66.8 Å². The molecule has 0 aromatic heterocycles. The van der Waals surface area contributed by atoms with Gasteiger partial charge in [-0.15, -0.1) is 0 Å². The van der Waals surface area contributed by atoms with Gasteiger partial charge in [-0.1, -0.05) is 59.8 Å². The van der Waals surface area contributed by atoms with Crippen molar-refractivity contribution in [2.75, 3.05) is 6.61 Å². The van der Waals surface area contributed by atoms with Crippen molar-refractivity contribution in [1.29, 1.82) is 0 Å². The Morgan fingerprint density at radius 3 is 2.00 bits per heavy atom. The summed E-state index contributed by atoms with van der Waals surface area (Å²) < 4.78 is 5.65. The van der Waals surface area contributed by atoms with Crippen LogP contribution in [0.1, 0.15) is 79.6 Å². The quantitative estimate of drug-likeness (QED) is 0.747. The number of rotatable bonds is 5. The lowest BCUT2D eigenvalue weighted by molar-refractivity contribution is -0.249. The Hall–Kier alpha value is -0.610. The van der Waals surface area contributed by atoms with E-state index in [9.17, 15) is 9.90 Å². The summed E-state index contributed by atoms with van der Waals surface area (Å²) in [6.07, 6.45) is 8.17. The van der Waals surface area contributed by atoms with Gasteiger partial charge in [-0.2, -0.15) is 0 Å². The van der Waals surface area contributed by atoms with Gasteiger partial charge in [0.2, 0.25) is 0 Å². The van der Waals surface area contributed by atoms with Gasteiger partial charge in [0.15, 0.2) is 5.79 Å². The average Bonchev–Trinajstić information content (AvgIpc) is 2.39. The maximum absolute atomic E-state index is 10.2. The summed E-state index contributed by atoms with van der Waals surface area (Å²) >= 11 is 0. The Kier molecular flexibility index (Phi) is 9.14. The first-order valence-electron chi connectivity index (χ1n) is 8.18. The first kappa shape index (κ1) is 20.4. The molecule has 0 amide bonds. The Morgan fingerprint density at radius 2 is 1.62 bits per heavy atom. The maximum atomic E-state index is 10.2. The van der Waals surface area contributed by atoms with Crippen molar-refractivity contribution in [2.24, 2.45) is 11.3 Å². The van der Waals surface area contributed by atoms with Gasteiger partial charge in [0.25, 0.3) is 0 Å². The van der Waals surface area contributed by atoms with Gasteiger partial charge < -0.3 is 14.9 Å². The largest absolute Gasteiger partial charge is 0.481 e. The second kappa shape index (κ2) is 9.42. The normalized spacial score (nSPS) is 19.3. The van der Waals surface area contributed by atoms with E-state index in [-0.39, 0.29) is 11.8 Å². The highest BCUT2D eigenvalue weighted by Gasteiger charge is 2.36. The summed E-state index contributed by atoms with van der Waals surface area (Å²) in [5.41, 5.74) is -0.223. The molecule has 126 valence electrons. The van der Waals surface area contributed by atoms with Crippen LogP contribution in [-0.4, -0.2) is 28.6 Å². The number of hydrogen-bond acceptors (Lipinski definition) is 3. The van der Waals surface area contributed by atoms with Crippen LogP contribution in [0, 0.1) is 11.3 Å². The fourth-order valence-corrected chi connectivity index (χ4v) is 2.12. The van der Waals surface area contributed by atoms with Crippen molar-refractivity contribution in [2.45, 2.75) is 85.4 Å². The van der Waals surface area contributed by atoms with Gasteiger partial charge in [-0.25, -0.2) is 0 Å². The van der Waals surface area contributed by atoms with Crippen LogP contribution in [0.15, 0.2) is 0 Å². The van der Waals surface area contributed by atoms with Crippen molar-refractivity contribution in [1.82, 2.24) is 0 Å². The molecule has 1 aliphatic carbocycles. The third-order valence-corrected chi connectivity index (χ3v) is 4.33. The molecule has 1 saturated carbocycles. The molecule has 0 spiro atoms. The Bertz CT molecular complexity index is 286. The van der Waals surface area contributed by atoms with Crippen molar-refractivity contribution in [3.05, 3.63) is 0 Å². The minimum atomic E-state index is -1.01. The van der Waals surface area contributed by atoms with Crippen molar-refractivity contribution < 1.29 is 19.7 Å². The molecular formula is C17H34O4. The first-order valence-corrected chi connectivity index (χ1v) is 8.18. The molecule has 1 atom stereocenters. The van der Waals surface area contributed by atoms with E-state index in [2.05, 4.69) is 0 Å². The Balaban J connectivity index is 0.000000690. The molecule has 0 aromatic carbocycles. The molecule has 1 unspecified atom stereocenters. The zero-order valence-corrected chi connectivity index (χ0v) is 14.4. The monoisotopic (exact) mass is 302 g/mol. The fraction of sp³-hybridized carbons (Fsp3) is 0.941. The number of carboxylic acid groups (broad SMARTS) is 1. The first-order chi connectivity index (χ1) is 9.60. The minimum Gasteiger partial charge on any atom is -0.481 e. The standard InChI is InChI=1S/C14H28O2.C3H6O2/c1-13(2,3)14(4,15)16-11-10-12-8-6-5-7-9-12;1-2-3(4)5/h12,15H,5-11H2,1-4H3;2H2,1H3,(H,4,5). The van der Waals surface area contributed by atoms with Crippen LogP contribution in [-0.2, 0) is 9.53 Å². The lowest BCUT2D eigenvalue weighted by Crippen LogP contribution is -2.42. The Morgan fingerprint density at radius 1 is 1.14 bits per heavy atom. The summed E-state index contributed by atoms with van der Waals surface area (Å²) in [4.78, 5) is 9.37. The number of hydrogen-bond donors (Lipinski definition) is 2. The van der Waals surface area contributed by atoms with Crippen LogP contribution in [0.25, 0.3) is 0 Å². The van der Waals surface area contributed by atoms with E-state index in [1.807, 2.05) is 20.8 Å². The predicted molar refractivity (Wildman–Crippen MR) is 85.1 cm³/mol. The third-order valence-electron chi connectivity index (χ3n) is 4.33. The van der Waals surface area contributed by atoms with Gasteiger partial charge in [0, 0.05) is 11.8 Å². The van der Waals surface area contributed by atoms with Crippen LogP contribution in [0.4, 0.5) is 0 Å². The molecule has 0 bridgehead atoms. The van der Waals surface area contributed by atoms with E-state index in [0.29, 0.717) is 6.61 Å². The van der Waals surface area contributed by atoms with Crippen LogP contribution in [0.5, 0.6) is 0 Å². The third kappa shape index (κ3) is 9.10. The molecular weight excluding hydrogens is 268 g/mol. The maximum Gasteiger partial charge on any atom is 0.303 e. The SMILES string of the molecule is CC(C)(C)C(C)(O)OCCC1CCCCC1.CCC(=O)O. The smallest absolute Gasteiger partial charge is 0.303 e. The zero-order chi connectivity index (χ0) is 16.5. The van der Waals surface area contributed by atoms with E-state index in [0.717, 1.165) is 12.3 Å². The van der Waals surface area contributed by atoms with Crippen molar-refractivity contribution >= 4 is 5.97 Å². The van der Waals surface area contributed by atoms with E-state index in [4.69, 9.17) is 9.84 Å². The molecule has 0 aliphatic heterocycles. The molecule has 0 heterocycles. The number of aliphatic carboxylic acids is 1. The lowest BCUT2D eigenvalue weighted by atomic mass is 9.86. The van der Waals surface area contributed by atoms with E-state index < -0.39 is 11.8 Å². The van der Waals surface area contributed by atoms with Crippen LogP contribution in [0.3, 0.4) is 0 Å². The van der Waals surface area contributed by atoms with Crippen LogP contribution < -0.4 is 0 Å². The minimum absolute atomic E-state index is 0.222. The van der Waals surface area contributed by atoms with E-state index >= 15 is 0 Å². The molecule has 0 saturated heterocycles. The molecule has 4 heteroatoms. The molecule has 1 aliphatic rings. The van der Waals surface area contributed by atoms with Crippen LogP contribution in [0.2, 0.25) is 0 Å². The Labute approximate surface area is 129 Å². The molecule has 1 fully saturated rings. The molecule has 0 aromatic rings. The summed E-state index contributed by atoms with van der Waals surface area (Å²) in [6, 6.07) is 0. The second-order valence-corrected chi connectivity index (χ2v) is 7.12. The summed E-state index contributed by atoms with van der Waals surface area (Å²) in [6.45, 7) is 10.1. The van der Waals surface area contributed by atoms with Gasteiger partial charge in [0.05, 0.1) is 6.61 Å². The number of carbonyl (C=O) groups is 1. The molecule has 2 N–H and O–H groups in total. The highest BCUT2D eigenvalue weighted by Crippen LogP contribution is 2.32. The molecule has 4 nitrogen and oxygen atoms in total. The van der Waals surface area contributed by atoms with Gasteiger partial charge in [-0.05, 0) is 19.3 Å². The van der Waals surface area contributed by atoms with Gasteiger partial charge >= 0.3 is 5.97 Å². The molecule has 21 heavy (non-hydrogen) atoms. The second-order valence-electron chi connectivity index (χ2n) is 7.12. The van der Waals surface area contributed by atoms with Gasteiger partial charge in [0.1, 0.15) is 0 Å². The average molecular weight is 302 g/mol. The number of ether oxygens (including phenoxy) is 1. The van der Waals surface area contributed by atoms with E-state index in [1.165, 1.54) is 32.1 Å². The lowest BCUT2D eigenvalue weighted by Gasteiger charge is -2.37. The summed E-state index contributed by atoms with van der Waals surface area (Å²) in [7, 11) is 0. The number of carboxylic acids is 1. The van der Waals surface area contributed by atoms with E-state index in [1.54, 1.807) is 13.8 Å². The van der Waals surface area contributed by atoms with Crippen molar-refractivity contribution in [3.8, 4) is 0 Å².